The van der Waals surface area contributed by atoms with Crippen LogP contribution in [-0.2, 0) is 23.9 Å². The highest BCUT2D eigenvalue weighted by molar-refractivity contribution is 6.08. The monoisotopic (exact) mass is 426 g/mol. The Morgan fingerprint density at radius 3 is 2.23 bits per heavy atom. The molecule has 0 unspecified atom stereocenters. The standard InChI is InChI=1S/C24H30N2O5/c1-12(2)21(26-22(28)19-15-6-7-16(10-15)20(19)23(26)29)24(30)31-11-18(27)25-17-8-5-13(3)14(4)9-17/h5,8-9,12,15-16,19-21H,6-7,10-11H2,1-4H3,(H,25,27)/t15-,16-,19+,20+,21-/m0/s1. The minimum atomic E-state index is -1.00. The van der Waals surface area contributed by atoms with Crippen LogP contribution in [-0.4, -0.2) is 41.2 Å². The van der Waals surface area contributed by atoms with Crippen molar-refractivity contribution in [1.82, 2.24) is 4.90 Å². The summed E-state index contributed by atoms with van der Waals surface area (Å²) in [4.78, 5) is 52.5. The number of carbonyl (C=O) groups excluding carboxylic acids is 4. The minimum Gasteiger partial charge on any atom is -0.454 e. The third-order valence-corrected chi connectivity index (χ3v) is 7.25. The number of nitrogens with zero attached hydrogens (tertiary/aromatic N) is 1. The van der Waals surface area contributed by atoms with E-state index in [1.807, 2.05) is 26.0 Å². The molecule has 3 fully saturated rings. The molecule has 3 amide bonds. The third-order valence-electron chi connectivity index (χ3n) is 7.25. The minimum absolute atomic E-state index is 0.238. The molecule has 7 nitrogen and oxygen atoms in total. The van der Waals surface area contributed by atoms with E-state index in [1.165, 1.54) is 0 Å². The summed E-state index contributed by atoms with van der Waals surface area (Å²) in [6.45, 7) is 7.02. The summed E-state index contributed by atoms with van der Waals surface area (Å²) >= 11 is 0. The van der Waals surface area contributed by atoms with Gasteiger partial charge in [0.25, 0.3) is 5.91 Å². The number of hydrogen-bond acceptors (Lipinski definition) is 5. The van der Waals surface area contributed by atoms with Gasteiger partial charge < -0.3 is 10.1 Å². The summed E-state index contributed by atoms with van der Waals surface area (Å²) < 4.78 is 5.26. The smallest absolute Gasteiger partial charge is 0.330 e. The molecule has 1 aliphatic heterocycles. The summed E-state index contributed by atoms with van der Waals surface area (Å²) in [6, 6.07) is 4.54. The molecule has 31 heavy (non-hydrogen) atoms. The van der Waals surface area contributed by atoms with Crippen LogP contribution in [0.4, 0.5) is 5.69 Å². The van der Waals surface area contributed by atoms with E-state index >= 15 is 0 Å². The number of esters is 1. The quantitative estimate of drug-likeness (QED) is 0.558. The SMILES string of the molecule is Cc1ccc(NC(=O)COC(=O)[C@H](C(C)C)N2C(=O)[C@@H]3[C@H]4CC[C@@H](C4)[C@H]3C2=O)cc1C. The lowest BCUT2D eigenvalue weighted by molar-refractivity contribution is -0.162. The topological polar surface area (TPSA) is 92.8 Å². The molecule has 166 valence electrons. The summed E-state index contributed by atoms with van der Waals surface area (Å²) in [5.74, 6) is -2.02. The third kappa shape index (κ3) is 3.75. The number of imide groups is 1. The lowest BCUT2D eigenvalue weighted by Crippen LogP contribution is -2.50. The number of anilines is 1. The van der Waals surface area contributed by atoms with E-state index in [0.717, 1.165) is 35.3 Å². The number of rotatable bonds is 6. The first kappa shape index (κ1) is 21.5. The molecule has 0 aromatic heterocycles. The van der Waals surface area contributed by atoms with Crippen molar-refractivity contribution < 1.29 is 23.9 Å². The summed E-state index contributed by atoms with van der Waals surface area (Å²) in [5.41, 5.74) is 2.78. The summed E-state index contributed by atoms with van der Waals surface area (Å²) in [7, 11) is 0. The van der Waals surface area contributed by atoms with E-state index in [2.05, 4.69) is 5.32 Å². The Labute approximate surface area is 182 Å². The van der Waals surface area contributed by atoms with Gasteiger partial charge in [-0.3, -0.25) is 19.3 Å². The highest BCUT2D eigenvalue weighted by Crippen LogP contribution is 2.56. The first-order chi connectivity index (χ1) is 14.7. The van der Waals surface area contributed by atoms with Crippen LogP contribution < -0.4 is 5.32 Å². The zero-order chi connectivity index (χ0) is 22.4. The molecule has 2 bridgehead atoms. The summed E-state index contributed by atoms with van der Waals surface area (Å²) in [6.07, 6.45) is 2.90. The van der Waals surface area contributed by atoms with Crippen molar-refractivity contribution in [2.75, 3.05) is 11.9 Å². The maximum absolute atomic E-state index is 13.1. The highest BCUT2D eigenvalue weighted by Gasteiger charge is 2.62. The number of carbonyl (C=O) groups is 4. The van der Waals surface area contributed by atoms with Crippen LogP contribution >= 0.6 is 0 Å². The van der Waals surface area contributed by atoms with Crippen LogP contribution in [0.2, 0.25) is 0 Å². The predicted octanol–water partition coefficient (Wildman–Crippen LogP) is 2.84. The Morgan fingerprint density at radius 1 is 1.06 bits per heavy atom. The molecule has 0 spiro atoms. The van der Waals surface area contributed by atoms with Crippen molar-refractivity contribution >= 4 is 29.4 Å². The number of benzene rings is 1. The number of fused-ring (bicyclic) bond motifs is 5. The molecule has 1 saturated heterocycles. The normalized spacial score (nSPS) is 27.6. The van der Waals surface area contributed by atoms with Gasteiger partial charge >= 0.3 is 5.97 Å². The fourth-order valence-electron chi connectivity index (χ4n) is 5.62. The Hall–Kier alpha value is -2.70. The van der Waals surface area contributed by atoms with Crippen molar-refractivity contribution in [3.8, 4) is 0 Å². The zero-order valence-corrected chi connectivity index (χ0v) is 18.5. The van der Waals surface area contributed by atoms with Gasteiger partial charge in [0.1, 0.15) is 6.04 Å². The van der Waals surface area contributed by atoms with Crippen LogP contribution in [0.5, 0.6) is 0 Å². The molecule has 5 atom stereocenters. The average Bonchev–Trinajstić information content (AvgIpc) is 3.39. The largest absolute Gasteiger partial charge is 0.454 e. The second-order valence-corrected chi connectivity index (χ2v) is 9.58. The fraction of sp³-hybridized carbons (Fsp3) is 0.583. The van der Waals surface area contributed by atoms with Gasteiger partial charge in [-0.15, -0.1) is 0 Å². The molecule has 2 aliphatic carbocycles. The number of aryl methyl sites for hydroxylation is 2. The molecule has 2 saturated carbocycles. The molecule has 7 heteroatoms. The van der Waals surface area contributed by atoms with Crippen molar-refractivity contribution in [2.45, 2.75) is 53.0 Å². The maximum atomic E-state index is 13.1. The van der Waals surface area contributed by atoms with Crippen molar-refractivity contribution in [2.24, 2.45) is 29.6 Å². The molecule has 1 aromatic carbocycles. The second kappa shape index (κ2) is 8.09. The Kier molecular flexibility index (Phi) is 5.62. The van der Waals surface area contributed by atoms with Gasteiger partial charge in [0.05, 0.1) is 11.8 Å². The number of likely N-dealkylation sites (tertiary alicyclic amines) is 1. The van der Waals surface area contributed by atoms with E-state index in [0.29, 0.717) is 5.69 Å². The van der Waals surface area contributed by atoms with Crippen molar-refractivity contribution in [1.29, 1.82) is 0 Å². The van der Waals surface area contributed by atoms with Crippen LogP contribution in [0.25, 0.3) is 0 Å². The van der Waals surface area contributed by atoms with Gasteiger partial charge in [-0.1, -0.05) is 19.9 Å². The lowest BCUT2D eigenvalue weighted by Gasteiger charge is -2.28. The molecule has 0 radical (unpaired) electrons. The van der Waals surface area contributed by atoms with Gasteiger partial charge in [-0.05, 0) is 74.1 Å². The van der Waals surface area contributed by atoms with Gasteiger partial charge in [0.2, 0.25) is 11.8 Å². The van der Waals surface area contributed by atoms with E-state index in [-0.39, 0.29) is 41.4 Å². The average molecular weight is 427 g/mol. The summed E-state index contributed by atoms with van der Waals surface area (Å²) in [5, 5.41) is 2.71. The molecule has 4 rings (SSSR count). The molecule has 1 aromatic rings. The number of hydrogen-bond donors (Lipinski definition) is 1. The van der Waals surface area contributed by atoms with E-state index in [9.17, 15) is 19.2 Å². The molecule has 3 aliphatic rings. The van der Waals surface area contributed by atoms with Crippen molar-refractivity contribution in [3.05, 3.63) is 29.3 Å². The van der Waals surface area contributed by atoms with E-state index in [4.69, 9.17) is 4.74 Å². The number of nitrogens with one attached hydrogen (secondary N) is 1. The Balaban J connectivity index is 1.41. The maximum Gasteiger partial charge on any atom is 0.330 e. The lowest BCUT2D eigenvalue weighted by atomic mass is 9.81. The zero-order valence-electron chi connectivity index (χ0n) is 18.5. The van der Waals surface area contributed by atoms with E-state index < -0.39 is 24.5 Å². The van der Waals surface area contributed by atoms with Crippen LogP contribution in [0.15, 0.2) is 18.2 Å². The Morgan fingerprint density at radius 2 is 1.68 bits per heavy atom. The fourth-order valence-corrected chi connectivity index (χ4v) is 5.62. The first-order valence-electron chi connectivity index (χ1n) is 11.1. The molecule has 1 heterocycles. The molecular formula is C24H30N2O5. The van der Waals surface area contributed by atoms with Gasteiger partial charge in [-0.2, -0.15) is 0 Å². The predicted molar refractivity (Wildman–Crippen MR) is 114 cm³/mol. The number of amides is 3. The molecule has 1 N–H and O–H groups in total. The van der Waals surface area contributed by atoms with Gasteiger partial charge in [-0.25, -0.2) is 4.79 Å². The van der Waals surface area contributed by atoms with Crippen LogP contribution in [0.3, 0.4) is 0 Å². The highest BCUT2D eigenvalue weighted by atomic mass is 16.5. The van der Waals surface area contributed by atoms with Crippen molar-refractivity contribution in [3.63, 3.8) is 0 Å². The van der Waals surface area contributed by atoms with Gasteiger partial charge in [0, 0.05) is 5.69 Å². The van der Waals surface area contributed by atoms with E-state index in [1.54, 1.807) is 19.9 Å². The first-order valence-corrected chi connectivity index (χ1v) is 11.1. The van der Waals surface area contributed by atoms with Crippen LogP contribution in [0.1, 0.15) is 44.2 Å². The number of ether oxygens (including phenoxy) is 1. The van der Waals surface area contributed by atoms with Crippen LogP contribution in [0, 0.1) is 43.4 Å². The molecular weight excluding hydrogens is 396 g/mol. The second-order valence-electron chi connectivity index (χ2n) is 9.58. The Bertz CT molecular complexity index is 912. The van der Waals surface area contributed by atoms with Gasteiger partial charge in [0.15, 0.2) is 6.61 Å².